The topological polar surface area (TPSA) is 163 Å². The molecule has 54 heavy (non-hydrogen) atoms. The molecule has 8 aliphatic rings. The number of hydrogen-bond donors (Lipinski definition) is 4. The lowest BCUT2D eigenvalue weighted by Gasteiger charge is -2.64. The fourth-order valence-electron chi connectivity index (χ4n) is 12.9. The Hall–Kier alpha value is -1.19. The summed E-state index contributed by atoms with van der Waals surface area (Å²) in [7, 11) is 0. The quantitative estimate of drug-likeness (QED) is 0.212. The van der Waals surface area contributed by atoms with Gasteiger partial charge in [-0.25, -0.2) is 4.79 Å². The van der Waals surface area contributed by atoms with Crippen LogP contribution in [0.4, 0.5) is 0 Å². The third-order valence-corrected chi connectivity index (χ3v) is 16.3. The van der Waals surface area contributed by atoms with Crippen LogP contribution in [0.15, 0.2) is 11.6 Å². The summed E-state index contributed by atoms with van der Waals surface area (Å²) in [5, 5.41) is 45.3. The third-order valence-electron chi connectivity index (χ3n) is 16.3. The van der Waals surface area contributed by atoms with Crippen molar-refractivity contribution in [1.29, 1.82) is 0 Å². The summed E-state index contributed by atoms with van der Waals surface area (Å²) in [6.07, 6.45) is 4.71. The average molecular weight is 763 g/mol. The number of cyclic esters (lactones) is 1. The van der Waals surface area contributed by atoms with Gasteiger partial charge in [-0.3, -0.25) is 0 Å². The first-order valence-corrected chi connectivity index (χ1v) is 21.2. The van der Waals surface area contributed by atoms with E-state index in [4.69, 9.17) is 33.2 Å². The van der Waals surface area contributed by atoms with Gasteiger partial charge in [0.05, 0.1) is 48.3 Å². The van der Waals surface area contributed by atoms with Crippen molar-refractivity contribution in [3.63, 3.8) is 0 Å². The molecule has 4 heterocycles. The summed E-state index contributed by atoms with van der Waals surface area (Å²) in [5.41, 5.74) is 0.246. The minimum Gasteiger partial charge on any atom is -0.458 e. The van der Waals surface area contributed by atoms with Crippen molar-refractivity contribution >= 4 is 5.97 Å². The maximum atomic E-state index is 12.6. The summed E-state index contributed by atoms with van der Waals surface area (Å²) < 4.78 is 42.7. The van der Waals surface area contributed by atoms with Crippen LogP contribution in [-0.2, 0) is 38.0 Å². The predicted octanol–water partition coefficient (Wildman–Crippen LogP) is 4.52. The average Bonchev–Trinajstić information content (AvgIpc) is 3.66. The fraction of sp³-hybridized carbons (Fsp3) is 0.929. The number of esters is 1. The normalized spacial score (nSPS) is 55.0. The third kappa shape index (κ3) is 6.83. The Balaban J connectivity index is 0.826. The highest BCUT2D eigenvalue weighted by atomic mass is 16.7. The Morgan fingerprint density at radius 3 is 1.89 bits per heavy atom. The maximum Gasteiger partial charge on any atom is 0.331 e. The molecule has 0 amide bonds. The van der Waals surface area contributed by atoms with E-state index in [1.165, 1.54) is 0 Å². The van der Waals surface area contributed by atoms with Gasteiger partial charge in [-0.2, -0.15) is 0 Å². The van der Waals surface area contributed by atoms with Crippen molar-refractivity contribution in [3.8, 4) is 0 Å². The molecule has 12 nitrogen and oxygen atoms in total. The predicted molar refractivity (Wildman–Crippen MR) is 194 cm³/mol. The van der Waals surface area contributed by atoms with Crippen LogP contribution >= 0.6 is 0 Å². The van der Waals surface area contributed by atoms with Crippen LogP contribution < -0.4 is 0 Å². The highest BCUT2D eigenvalue weighted by Gasteiger charge is 2.68. The number of aliphatic hydroxyl groups excluding tert-OH is 3. The first kappa shape index (κ1) is 39.6. The van der Waals surface area contributed by atoms with Gasteiger partial charge in [-0.05, 0) is 113 Å². The van der Waals surface area contributed by atoms with Gasteiger partial charge < -0.3 is 53.6 Å². The van der Waals surface area contributed by atoms with Gasteiger partial charge in [0.25, 0.3) is 0 Å². The number of hydrogen-bond acceptors (Lipinski definition) is 12. The number of rotatable bonds is 7. The molecule has 4 N–H and O–H groups in total. The molecule has 4 saturated carbocycles. The van der Waals surface area contributed by atoms with Gasteiger partial charge in [0, 0.05) is 36.7 Å². The second-order valence-corrected chi connectivity index (χ2v) is 19.1. The van der Waals surface area contributed by atoms with Crippen molar-refractivity contribution in [2.24, 2.45) is 40.4 Å². The molecule has 4 aliphatic heterocycles. The Morgan fingerprint density at radius 1 is 0.685 bits per heavy atom. The molecular formula is C42H66O12. The second-order valence-electron chi connectivity index (χ2n) is 19.1. The Labute approximate surface area is 320 Å². The lowest BCUT2D eigenvalue weighted by molar-refractivity contribution is -0.334. The Morgan fingerprint density at radius 2 is 1.30 bits per heavy atom. The number of aliphatic hydroxyl groups is 4. The second kappa shape index (κ2) is 14.9. The monoisotopic (exact) mass is 762 g/mol. The number of carbonyl (C=O) groups is 1. The van der Waals surface area contributed by atoms with Crippen LogP contribution in [0, 0.1) is 40.4 Å². The summed E-state index contributed by atoms with van der Waals surface area (Å²) in [6, 6.07) is 0. The molecule has 0 aromatic carbocycles. The van der Waals surface area contributed by atoms with E-state index in [2.05, 4.69) is 13.8 Å². The highest BCUT2D eigenvalue weighted by Crippen LogP contribution is 2.70. The van der Waals surface area contributed by atoms with E-state index in [1.807, 2.05) is 27.7 Å². The largest absolute Gasteiger partial charge is 0.458 e. The highest BCUT2D eigenvalue weighted by molar-refractivity contribution is 5.85. The summed E-state index contributed by atoms with van der Waals surface area (Å²) in [4.78, 5) is 11.9. The first-order valence-electron chi connectivity index (χ1n) is 21.2. The fourth-order valence-corrected chi connectivity index (χ4v) is 12.9. The van der Waals surface area contributed by atoms with E-state index < -0.39 is 67.2 Å². The smallest absolute Gasteiger partial charge is 0.331 e. The minimum atomic E-state index is -0.873. The van der Waals surface area contributed by atoms with E-state index in [0.717, 1.165) is 63.4 Å². The molecule has 4 aliphatic carbocycles. The van der Waals surface area contributed by atoms with Crippen molar-refractivity contribution in [3.05, 3.63) is 11.6 Å². The van der Waals surface area contributed by atoms with Crippen LogP contribution in [0.2, 0.25) is 0 Å². The SMILES string of the molecule is CC1OC(OC2C(O)CC(OC3C(O)CC(O[C@H]4CC[C@]5(C)C6CC[C@]7(C)[C@@H](C8=CC(=O)OC8)CC[C@]7(O)[C@@H]6CC[C@@H]5C4)OC3C)OC2C)CC(O)C1C. The zero-order valence-electron chi connectivity index (χ0n) is 33.1. The van der Waals surface area contributed by atoms with Crippen LogP contribution in [0.1, 0.15) is 119 Å². The molecule has 12 heteroatoms. The summed E-state index contributed by atoms with van der Waals surface area (Å²) >= 11 is 0. The van der Waals surface area contributed by atoms with E-state index >= 15 is 0 Å². The van der Waals surface area contributed by atoms with E-state index in [9.17, 15) is 25.2 Å². The molecule has 20 atom stereocenters. The Kier molecular flexibility index (Phi) is 10.9. The van der Waals surface area contributed by atoms with Gasteiger partial charge in [0.15, 0.2) is 18.9 Å². The van der Waals surface area contributed by atoms with Gasteiger partial charge in [-0.15, -0.1) is 0 Å². The molecule has 3 saturated heterocycles. The lowest BCUT2D eigenvalue weighted by Crippen LogP contribution is -2.62. The molecule has 7 fully saturated rings. The van der Waals surface area contributed by atoms with Crippen molar-refractivity contribution in [2.75, 3.05) is 6.61 Å². The first-order chi connectivity index (χ1) is 25.6. The minimum absolute atomic E-state index is 0.00431. The van der Waals surface area contributed by atoms with Crippen molar-refractivity contribution in [1.82, 2.24) is 0 Å². The van der Waals surface area contributed by atoms with E-state index in [-0.39, 0.29) is 59.6 Å². The Bertz CT molecular complexity index is 1370. The maximum absolute atomic E-state index is 12.6. The van der Waals surface area contributed by atoms with Gasteiger partial charge in [0.2, 0.25) is 0 Å². The standard InChI is InChI=1S/C42H66O12/c1-21-22(2)49-36(17-31(21)43)53-39-24(4)51-37(19-33(39)45)54-38-23(3)50-35(18-32(38)44)52-27-9-12-40(5)26(16-27)7-8-30-29(40)10-13-41(6)28(11-14-42(30,41)47)25-15-34(46)48-20-25/h15,21-24,26-33,35-39,43-45,47H,7-14,16-20H2,1-6H3/t21?,22?,23?,24?,26-,27+,28-,29?,30-,31?,32?,33?,35?,36?,37?,38?,39?,40+,41-,42+/m1/s1. The number of carbonyl (C=O) groups excluding carboxylic acids is 1. The van der Waals surface area contributed by atoms with E-state index in [1.54, 1.807) is 6.08 Å². The summed E-state index contributed by atoms with van der Waals surface area (Å²) in [6.45, 7) is 12.7. The molecular weight excluding hydrogens is 696 g/mol. The molecule has 0 spiro atoms. The molecule has 0 aromatic heterocycles. The zero-order chi connectivity index (χ0) is 38.3. The van der Waals surface area contributed by atoms with Gasteiger partial charge in [0.1, 0.15) is 18.8 Å². The van der Waals surface area contributed by atoms with Crippen LogP contribution in [0.3, 0.4) is 0 Å². The van der Waals surface area contributed by atoms with Crippen molar-refractivity contribution < 1.29 is 58.4 Å². The lowest BCUT2D eigenvalue weighted by atomic mass is 9.43. The molecule has 0 aromatic rings. The van der Waals surface area contributed by atoms with Crippen molar-refractivity contribution in [2.45, 2.75) is 198 Å². The van der Waals surface area contributed by atoms with Crippen LogP contribution in [0.5, 0.6) is 0 Å². The molecule has 306 valence electrons. The van der Waals surface area contributed by atoms with Gasteiger partial charge in [-0.1, -0.05) is 20.8 Å². The zero-order valence-corrected chi connectivity index (χ0v) is 33.1. The molecule has 0 radical (unpaired) electrons. The molecule has 8 rings (SSSR count). The number of ether oxygens (including phenoxy) is 7. The molecule has 13 unspecified atom stereocenters. The number of fused-ring (bicyclic) bond motifs is 5. The summed E-state index contributed by atoms with van der Waals surface area (Å²) in [5.74, 6) is 1.18. The van der Waals surface area contributed by atoms with Gasteiger partial charge >= 0.3 is 5.97 Å². The molecule has 0 bridgehead atoms. The van der Waals surface area contributed by atoms with E-state index in [0.29, 0.717) is 24.9 Å². The van der Waals surface area contributed by atoms with Crippen LogP contribution in [0.25, 0.3) is 0 Å². The van der Waals surface area contributed by atoms with Crippen LogP contribution in [-0.4, -0.2) is 112 Å².